The summed E-state index contributed by atoms with van der Waals surface area (Å²) in [7, 11) is 0. The van der Waals surface area contributed by atoms with Crippen LogP contribution in [0.1, 0.15) is 13.8 Å². The van der Waals surface area contributed by atoms with Crippen LogP contribution in [0.4, 0.5) is 11.7 Å². The quantitative estimate of drug-likeness (QED) is 0.637. The number of para-hydroxylation sites is 1. The standard InChI is InChI=1S/C12H15N3O4/c1-3-18-8(2)7-13-12-14-11-9(15(16)17)5-4-6-10(11)19-12/h4-6,8H,3,7H2,1-2H3,(H,13,14). The molecule has 0 saturated carbocycles. The van der Waals surface area contributed by atoms with Crippen LogP contribution in [-0.4, -0.2) is 29.2 Å². The Morgan fingerprint density at radius 1 is 1.58 bits per heavy atom. The average Bonchev–Trinajstić information content (AvgIpc) is 2.79. The molecule has 1 aromatic heterocycles. The number of nitrogens with zero attached hydrogens (tertiary/aromatic N) is 2. The molecule has 19 heavy (non-hydrogen) atoms. The molecule has 0 bridgehead atoms. The topological polar surface area (TPSA) is 90.4 Å². The number of benzene rings is 1. The number of hydrogen-bond acceptors (Lipinski definition) is 6. The number of nitrogens with one attached hydrogen (secondary N) is 1. The molecule has 0 spiro atoms. The molecule has 0 aliphatic heterocycles. The van der Waals surface area contributed by atoms with Crippen molar-refractivity contribution in [3.05, 3.63) is 28.3 Å². The van der Waals surface area contributed by atoms with E-state index in [1.165, 1.54) is 6.07 Å². The van der Waals surface area contributed by atoms with Gasteiger partial charge in [0, 0.05) is 19.2 Å². The van der Waals surface area contributed by atoms with Crippen LogP contribution in [0, 0.1) is 10.1 Å². The van der Waals surface area contributed by atoms with Crippen LogP contribution in [0.5, 0.6) is 0 Å². The van der Waals surface area contributed by atoms with Crippen molar-refractivity contribution in [1.29, 1.82) is 0 Å². The number of hydrogen-bond donors (Lipinski definition) is 1. The van der Waals surface area contributed by atoms with Crippen molar-refractivity contribution in [2.24, 2.45) is 0 Å². The lowest BCUT2D eigenvalue weighted by molar-refractivity contribution is -0.383. The van der Waals surface area contributed by atoms with Crippen LogP contribution < -0.4 is 5.32 Å². The summed E-state index contributed by atoms with van der Waals surface area (Å²) < 4.78 is 10.8. The van der Waals surface area contributed by atoms with E-state index in [2.05, 4.69) is 10.3 Å². The molecule has 2 aromatic rings. The Labute approximate surface area is 109 Å². The van der Waals surface area contributed by atoms with Crippen molar-refractivity contribution in [3.63, 3.8) is 0 Å². The van der Waals surface area contributed by atoms with Gasteiger partial charge >= 0.3 is 0 Å². The molecular formula is C12H15N3O4. The Bertz CT molecular complexity index is 581. The fourth-order valence-electron chi connectivity index (χ4n) is 1.73. The monoisotopic (exact) mass is 265 g/mol. The highest BCUT2D eigenvalue weighted by Gasteiger charge is 2.17. The third-order valence-corrected chi connectivity index (χ3v) is 2.59. The molecule has 0 aliphatic carbocycles. The number of fused-ring (bicyclic) bond motifs is 1. The first-order chi connectivity index (χ1) is 9.11. The number of aromatic nitrogens is 1. The summed E-state index contributed by atoms with van der Waals surface area (Å²) in [6.45, 7) is 4.98. The second-order valence-electron chi connectivity index (χ2n) is 4.05. The predicted octanol–water partition coefficient (Wildman–Crippen LogP) is 2.57. The Morgan fingerprint density at radius 3 is 3.05 bits per heavy atom. The lowest BCUT2D eigenvalue weighted by atomic mass is 10.3. The minimum absolute atomic E-state index is 0.00926. The van der Waals surface area contributed by atoms with Crippen molar-refractivity contribution >= 4 is 22.8 Å². The molecule has 1 unspecified atom stereocenters. The van der Waals surface area contributed by atoms with Crippen molar-refractivity contribution < 1.29 is 14.1 Å². The normalized spacial score (nSPS) is 12.5. The molecule has 0 aliphatic rings. The fraction of sp³-hybridized carbons (Fsp3) is 0.417. The lowest BCUT2D eigenvalue weighted by Crippen LogP contribution is -2.19. The van der Waals surface area contributed by atoms with Gasteiger partial charge in [0.05, 0.1) is 11.0 Å². The summed E-state index contributed by atoms with van der Waals surface area (Å²) in [6.07, 6.45) is 0.00926. The first-order valence-corrected chi connectivity index (χ1v) is 6.01. The van der Waals surface area contributed by atoms with Crippen molar-refractivity contribution in [2.45, 2.75) is 20.0 Å². The molecule has 1 aromatic carbocycles. The smallest absolute Gasteiger partial charge is 0.298 e. The SMILES string of the molecule is CCOC(C)CNc1nc2c([N+](=O)[O-])cccc2o1. The highest BCUT2D eigenvalue weighted by molar-refractivity contribution is 5.83. The van der Waals surface area contributed by atoms with E-state index in [4.69, 9.17) is 9.15 Å². The van der Waals surface area contributed by atoms with Crippen LogP contribution in [0.3, 0.4) is 0 Å². The van der Waals surface area contributed by atoms with Crippen molar-refractivity contribution in [1.82, 2.24) is 4.98 Å². The minimum Gasteiger partial charge on any atom is -0.423 e. The van der Waals surface area contributed by atoms with E-state index in [1.54, 1.807) is 12.1 Å². The van der Waals surface area contributed by atoms with Gasteiger partial charge < -0.3 is 14.5 Å². The number of nitro groups is 1. The Kier molecular flexibility index (Phi) is 3.96. The minimum atomic E-state index is -0.475. The number of anilines is 1. The molecule has 0 radical (unpaired) electrons. The number of rotatable bonds is 6. The predicted molar refractivity (Wildman–Crippen MR) is 70.2 cm³/mol. The van der Waals surface area contributed by atoms with Crippen LogP contribution in [-0.2, 0) is 4.74 Å². The second-order valence-corrected chi connectivity index (χ2v) is 4.05. The zero-order chi connectivity index (χ0) is 13.8. The van der Waals surface area contributed by atoms with Crippen LogP contribution >= 0.6 is 0 Å². The van der Waals surface area contributed by atoms with Gasteiger partial charge in [0.2, 0.25) is 0 Å². The molecule has 7 nitrogen and oxygen atoms in total. The molecule has 1 N–H and O–H groups in total. The molecule has 0 amide bonds. The molecule has 0 saturated heterocycles. The van der Waals surface area contributed by atoms with Gasteiger partial charge in [-0.15, -0.1) is 0 Å². The maximum absolute atomic E-state index is 10.9. The van der Waals surface area contributed by atoms with E-state index in [0.717, 1.165) is 0 Å². The highest BCUT2D eigenvalue weighted by Crippen LogP contribution is 2.27. The van der Waals surface area contributed by atoms with Crippen molar-refractivity contribution in [2.75, 3.05) is 18.5 Å². The van der Waals surface area contributed by atoms with Gasteiger partial charge in [-0.3, -0.25) is 10.1 Å². The van der Waals surface area contributed by atoms with Gasteiger partial charge in [-0.2, -0.15) is 4.98 Å². The lowest BCUT2D eigenvalue weighted by Gasteiger charge is -2.10. The summed E-state index contributed by atoms with van der Waals surface area (Å²) in [6, 6.07) is 4.87. The van der Waals surface area contributed by atoms with Gasteiger partial charge in [-0.05, 0) is 19.9 Å². The van der Waals surface area contributed by atoms with E-state index >= 15 is 0 Å². The van der Waals surface area contributed by atoms with Gasteiger partial charge in [0.1, 0.15) is 0 Å². The Morgan fingerprint density at radius 2 is 2.37 bits per heavy atom. The average molecular weight is 265 g/mol. The van der Waals surface area contributed by atoms with Gasteiger partial charge in [-0.25, -0.2) is 0 Å². The molecule has 1 atom stereocenters. The first kappa shape index (κ1) is 13.3. The van der Waals surface area contributed by atoms with Crippen LogP contribution in [0.15, 0.2) is 22.6 Å². The zero-order valence-corrected chi connectivity index (χ0v) is 10.8. The zero-order valence-electron chi connectivity index (χ0n) is 10.8. The van der Waals surface area contributed by atoms with Crippen LogP contribution in [0.25, 0.3) is 11.1 Å². The van der Waals surface area contributed by atoms with E-state index in [0.29, 0.717) is 18.7 Å². The third kappa shape index (κ3) is 3.00. The van der Waals surface area contributed by atoms with Gasteiger partial charge in [-0.1, -0.05) is 6.07 Å². The maximum atomic E-state index is 10.9. The molecule has 7 heteroatoms. The molecular weight excluding hydrogens is 250 g/mol. The van der Waals surface area contributed by atoms with E-state index in [9.17, 15) is 10.1 Å². The van der Waals surface area contributed by atoms with E-state index < -0.39 is 4.92 Å². The molecule has 1 heterocycles. The van der Waals surface area contributed by atoms with Gasteiger partial charge in [0.25, 0.3) is 11.7 Å². The summed E-state index contributed by atoms with van der Waals surface area (Å²) in [5, 5.41) is 13.8. The maximum Gasteiger partial charge on any atom is 0.298 e. The molecule has 2 rings (SSSR count). The number of non-ortho nitro benzene ring substituents is 1. The number of ether oxygens (including phenoxy) is 1. The van der Waals surface area contributed by atoms with Crippen LogP contribution in [0.2, 0.25) is 0 Å². The molecule has 0 fully saturated rings. The largest absolute Gasteiger partial charge is 0.423 e. The Hall–Kier alpha value is -2.15. The van der Waals surface area contributed by atoms with E-state index in [1.807, 2.05) is 13.8 Å². The highest BCUT2D eigenvalue weighted by atomic mass is 16.6. The van der Waals surface area contributed by atoms with Crippen molar-refractivity contribution in [3.8, 4) is 0 Å². The first-order valence-electron chi connectivity index (χ1n) is 6.01. The number of oxazole rings is 1. The summed E-state index contributed by atoms with van der Waals surface area (Å²) in [5.41, 5.74) is 0.576. The fourth-order valence-corrected chi connectivity index (χ4v) is 1.73. The summed E-state index contributed by atoms with van der Waals surface area (Å²) in [4.78, 5) is 14.5. The van der Waals surface area contributed by atoms with Gasteiger partial charge in [0.15, 0.2) is 11.1 Å². The third-order valence-electron chi connectivity index (χ3n) is 2.59. The second kappa shape index (κ2) is 5.66. The molecule has 102 valence electrons. The summed E-state index contributed by atoms with van der Waals surface area (Å²) in [5.74, 6) is 0. The van der Waals surface area contributed by atoms with E-state index in [-0.39, 0.29) is 23.3 Å². The summed E-state index contributed by atoms with van der Waals surface area (Å²) >= 11 is 0. The number of nitro benzene ring substituents is 1. The Balaban J connectivity index is 2.17.